The number of carboxylic acids is 1. The Bertz CT molecular complexity index is 545. The van der Waals surface area contributed by atoms with Crippen molar-refractivity contribution < 1.29 is 14.6 Å². The minimum absolute atomic E-state index is 0.320. The highest BCUT2D eigenvalue weighted by Crippen LogP contribution is 2.34. The smallest absolute Gasteiger partial charge is 0.336 e. The Labute approximate surface area is 110 Å². The lowest BCUT2D eigenvalue weighted by Crippen LogP contribution is -1.96. The summed E-state index contributed by atoms with van der Waals surface area (Å²) in [6, 6.07) is 9.38. The van der Waals surface area contributed by atoms with Crippen LogP contribution < -0.4 is 4.74 Å². The lowest BCUT2D eigenvalue weighted by Gasteiger charge is -2.08. The van der Waals surface area contributed by atoms with E-state index in [2.05, 4.69) is 6.92 Å². The zero-order chi connectivity index (χ0) is 13.0. The van der Waals surface area contributed by atoms with E-state index in [0.717, 1.165) is 22.6 Å². The first-order chi connectivity index (χ1) is 8.72. The molecule has 2 aromatic rings. The summed E-state index contributed by atoms with van der Waals surface area (Å²) < 4.78 is 5.67. The Kier molecular flexibility index (Phi) is 3.99. The number of ether oxygens (including phenoxy) is 1. The van der Waals surface area contributed by atoms with Gasteiger partial charge < -0.3 is 9.84 Å². The minimum atomic E-state index is -0.899. The quantitative estimate of drug-likeness (QED) is 0.888. The summed E-state index contributed by atoms with van der Waals surface area (Å²) in [5, 5.41) is 10.6. The van der Waals surface area contributed by atoms with Gasteiger partial charge in [0.05, 0.1) is 12.2 Å². The molecule has 1 N–H and O–H groups in total. The lowest BCUT2D eigenvalue weighted by atomic mass is 10.1. The Hall–Kier alpha value is -1.81. The number of rotatable bonds is 5. The molecule has 0 atom stereocenters. The molecule has 0 saturated heterocycles. The van der Waals surface area contributed by atoms with Gasteiger partial charge in [-0.1, -0.05) is 19.1 Å². The summed E-state index contributed by atoms with van der Waals surface area (Å²) >= 11 is 1.42. The first-order valence-electron chi connectivity index (χ1n) is 5.76. The minimum Gasteiger partial charge on any atom is -0.493 e. The summed E-state index contributed by atoms with van der Waals surface area (Å²) in [6.07, 6.45) is 0.944. The van der Waals surface area contributed by atoms with Gasteiger partial charge in [-0.05, 0) is 24.6 Å². The number of aromatic carboxylic acids is 1. The van der Waals surface area contributed by atoms with Crippen molar-refractivity contribution in [3.05, 3.63) is 41.3 Å². The Balaban J connectivity index is 2.33. The number of para-hydroxylation sites is 1. The third kappa shape index (κ3) is 2.71. The topological polar surface area (TPSA) is 46.5 Å². The molecule has 0 fully saturated rings. The van der Waals surface area contributed by atoms with Crippen LogP contribution in [0.5, 0.6) is 5.75 Å². The summed E-state index contributed by atoms with van der Waals surface area (Å²) in [5.74, 6) is -0.0948. The monoisotopic (exact) mass is 262 g/mol. The van der Waals surface area contributed by atoms with Gasteiger partial charge >= 0.3 is 5.97 Å². The van der Waals surface area contributed by atoms with Crippen molar-refractivity contribution in [2.75, 3.05) is 6.61 Å². The van der Waals surface area contributed by atoms with Crippen molar-refractivity contribution in [2.45, 2.75) is 13.3 Å². The Morgan fingerprint density at radius 3 is 2.83 bits per heavy atom. The predicted octanol–water partition coefficient (Wildman–Crippen LogP) is 3.90. The summed E-state index contributed by atoms with van der Waals surface area (Å²) in [7, 11) is 0. The van der Waals surface area contributed by atoms with Crippen molar-refractivity contribution in [3.63, 3.8) is 0 Å². The molecule has 4 heteroatoms. The van der Waals surface area contributed by atoms with Gasteiger partial charge in [-0.3, -0.25) is 0 Å². The number of thiophene rings is 1. The molecule has 0 aliphatic heterocycles. The van der Waals surface area contributed by atoms with Gasteiger partial charge in [0.15, 0.2) is 0 Å². The van der Waals surface area contributed by atoms with Crippen molar-refractivity contribution in [1.29, 1.82) is 0 Å². The predicted molar refractivity (Wildman–Crippen MR) is 72.5 cm³/mol. The molecule has 0 unspecified atom stereocenters. The number of hydrogen-bond acceptors (Lipinski definition) is 3. The van der Waals surface area contributed by atoms with Crippen LogP contribution in [0, 0.1) is 0 Å². The maximum Gasteiger partial charge on any atom is 0.336 e. The first-order valence-corrected chi connectivity index (χ1v) is 6.64. The standard InChI is InChI=1S/C14H14O3S/c1-2-7-17-12-6-4-3-5-11(12)13-8-10(9-18-13)14(15)16/h3-6,8-9H,2,7H2,1H3,(H,15,16). The maximum absolute atomic E-state index is 10.9. The summed E-state index contributed by atoms with van der Waals surface area (Å²) in [6.45, 7) is 2.71. The molecule has 0 aliphatic carbocycles. The van der Waals surface area contributed by atoms with E-state index >= 15 is 0 Å². The van der Waals surface area contributed by atoms with E-state index in [4.69, 9.17) is 9.84 Å². The number of hydrogen-bond donors (Lipinski definition) is 1. The highest BCUT2D eigenvalue weighted by Gasteiger charge is 2.11. The molecule has 0 radical (unpaired) electrons. The van der Waals surface area contributed by atoms with Gasteiger partial charge in [-0.15, -0.1) is 11.3 Å². The highest BCUT2D eigenvalue weighted by atomic mass is 32.1. The molecule has 1 aromatic heterocycles. The van der Waals surface area contributed by atoms with E-state index < -0.39 is 5.97 Å². The van der Waals surface area contributed by atoms with Gasteiger partial charge in [0, 0.05) is 15.8 Å². The van der Waals surface area contributed by atoms with Crippen LogP contribution in [0.4, 0.5) is 0 Å². The second-order valence-corrected chi connectivity index (χ2v) is 4.76. The molecule has 0 amide bonds. The average molecular weight is 262 g/mol. The number of carbonyl (C=O) groups is 1. The van der Waals surface area contributed by atoms with Crippen molar-refractivity contribution >= 4 is 17.3 Å². The second-order valence-electron chi connectivity index (χ2n) is 3.85. The van der Waals surface area contributed by atoms with Crippen LogP contribution in [0.15, 0.2) is 35.7 Å². The Morgan fingerprint density at radius 2 is 2.17 bits per heavy atom. The zero-order valence-corrected chi connectivity index (χ0v) is 10.9. The van der Waals surface area contributed by atoms with Gasteiger partial charge in [-0.25, -0.2) is 4.79 Å². The molecule has 18 heavy (non-hydrogen) atoms. The Morgan fingerprint density at radius 1 is 1.39 bits per heavy atom. The maximum atomic E-state index is 10.9. The van der Waals surface area contributed by atoms with E-state index in [1.165, 1.54) is 11.3 Å². The van der Waals surface area contributed by atoms with E-state index in [1.54, 1.807) is 11.4 Å². The fraction of sp³-hybridized carbons (Fsp3) is 0.214. The van der Waals surface area contributed by atoms with Gasteiger partial charge in [0.1, 0.15) is 5.75 Å². The highest BCUT2D eigenvalue weighted by molar-refractivity contribution is 7.13. The molecule has 0 bridgehead atoms. The van der Waals surface area contributed by atoms with E-state index in [0.29, 0.717) is 12.2 Å². The fourth-order valence-corrected chi connectivity index (χ4v) is 2.51. The van der Waals surface area contributed by atoms with Crippen LogP contribution in [0.2, 0.25) is 0 Å². The van der Waals surface area contributed by atoms with Crippen molar-refractivity contribution in [1.82, 2.24) is 0 Å². The molecule has 94 valence electrons. The lowest BCUT2D eigenvalue weighted by molar-refractivity contribution is 0.0697. The SMILES string of the molecule is CCCOc1ccccc1-c1cc(C(=O)O)cs1. The third-order valence-corrected chi connectivity index (χ3v) is 3.42. The molecule has 1 heterocycles. The molecule has 2 rings (SSSR count). The first kappa shape index (κ1) is 12.6. The second kappa shape index (κ2) is 5.69. The van der Waals surface area contributed by atoms with Gasteiger partial charge in [0.2, 0.25) is 0 Å². The van der Waals surface area contributed by atoms with E-state index in [-0.39, 0.29) is 0 Å². The average Bonchev–Trinajstić information content (AvgIpc) is 2.86. The van der Waals surface area contributed by atoms with Crippen LogP contribution in [-0.2, 0) is 0 Å². The molecule has 0 spiro atoms. The molecule has 0 saturated carbocycles. The number of carboxylic acid groups (broad SMARTS) is 1. The van der Waals surface area contributed by atoms with Gasteiger partial charge in [0.25, 0.3) is 0 Å². The fourth-order valence-electron chi connectivity index (χ4n) is 1.60. The number of benzene rings is 1. The van der Waals surface area contributed by atoms with E-state index in [1.807, 2.05) is 24.3 Å². The summed E-state index contributed by atoms with van der Waals surface area (Å²) in [4.78, 5) is 11.8. The van der Waals surface area contributed by atoms with Crippen LogP contribution in [0.1, 0.15) is 23.7 Å². The normalized spacial score (nSPS) is 10.3. The van der Waals surface area contributed by atoms with Crippen molar-refractivity contribution in [2.24, 2.45) is 0 Å². The van der Waals surface area contributed by atoms with Crippen LogP contribution in [-0.4, -0.2) is 17.7 Å². The van der Waals surface area contributed by atoms with Crippen LogP contribution in [0.25, 0.3) is 10.4 Å². The molecule has 3 nitrogen and oxygen atoms in total. The molecule has 1 aromatic carbocycles. The van der Waals surface area contributed by atoms with Crippen LogP contribution >= 0.6 is 11.3 Å². The van der Waals surface area contributed by atoms with Crippen LogP contribution in [0.3, 0.4) is 0 Å². The van der Waals surface area contributed by atoms with Crippen molar-refractivity contribution in [3.8, 4) is 16.2 Å². The van der Waals surface area contributed by atoms with Gasteiger partial charge in [-0.2, -0.15) is 0 Å². The summed E-state index contributed by atoms with van der Waals surface area (Å²) in [5.41, 5.74) is 1.27. The molecular formula is C14H14O3S. The van der Waals surface area contributed by atoms with E-state index in [9.17, 15) is 4.79 Å². The largest absolute Gasteiger partial charge is 0.493 e. The zero-order valence-electron chi connectivity index (χ0n) is 10.1. The molecular weight excluding hydrogens is 248 g/mol. The third-order valence-electron chi connectivity index (χ3n) is 2.46. The molecule has 0 aliphatic rings.